The molecule has 1 aromatic rings. The molecule has 2 aliphatic rings. The van der Waals surface area contributed by atoms with E-state index in [4.69, 9.17) is 27.9 Å². The van der Waals surface area contributed by atoms with E-state index in [1.807, 2.05) is 36.4 Å². The maximum atomic E-state index is 12.8. The van der Waals surface area contributed by atoms with Crippen LogP contribution in [0.1, 0.15) is 12.0 Å². The molecule has 1 aromatic carbocycles. The number of carbonyl (C=O) groups is 2. The summed E-state index contributed by atoms with van der Waals surface area (Å²) in [5, 5.41) is 2.99. The fourth-order valence-corrected chi connectivity index (χ4v) is 4.40. The van der Waals surface area contributed by atoms with Crippen LogP contribution in [0.4, 0.5) is 0 Å². The quantitative estimate of drug-likeness (QED) is 0.417. The summed E-state index contributed by atoms with van der Waals surface area (Å²) < 4.78 is 5.42. The summed E-state index contributed by atoms with van der Waals surface area (Å²) in [6, 6.07) is 9.99. The van der Waals surface area contributed by atoms with Crippen molar-refractivity contribution in [2.45, 2.75) is 18.9 Å². The lowest BCUT2D eigenvalue weighted by atomic mass is 9.82. The fraction of sp³-hybridized carbons (Fsp3) is 0.500. The van der Waals surface area contributed by atoms with Gasteiger partial charge in [0, 0.05) is 6.54 Å². The van der Waals surface area contributed by atoms with Crippen molar-refractivity contribution in [2.75, 3.05) is 18.3 Å². The van der Waals surface area contributed by atoms with Crippen LogP contribution in [0.2, 0.25) is 0 Å². The molecule has 4 atom stereocenters. The molecular formula is C20H23Cl2NO3. The number of esters is 1. The van der Waals surface area contributed by atoms with Gasteiger partial charge in [-0.3, -0.25) is 9.59 Å². The Morgan fingerprint density at radius 3 is 2.38 bits per heavy atom. The molecule has 2 aliphatic carbocycles. The Hall–Kier alpha value is -1.52. The van der Waals surface area contributed by atoms with Gasteiger partial charge in [0.25, 0.3) is 0 Å². The molecule has 4 nitrogen and oxygen atoms in total. The van der Waals surface area contributed by atoms with Crippen molar-refractivity contribution >= 4 is 35.1 Å². The smallest absolute Gasteiger partial charge is 0.310 e. The summed E-state index contributed by atoms with van der Waals surface area (Å²) >= 11 is 11.5. The van der Waals surface area contributed by atoms with Gasteiger partial charge in [0.2, 0.25) is 5.91 Å². The molecule has 0 spiro atoms. The van der Waals surface area contributed by atoms with Gasteiger partial charge >= 0.3 is 5.97 Å². The molecule has 140 valence electrons. The molecule has 1 saturated carbocycles. The van der Waals surface area contributed by atoms with Crippen molar-refractivity contribution in [1.29, 1.82) is 0 Å². The maximum Gasteiger partial charge on any atom is 0.310 e. The number of benzene rings is 1. The Morgan fingerprint density at radius 1 is 1.08 bits per heavy atom. The number of fused-ring (bicyclic) bond motifs is 2. The summed E-state index contributed by atoms with van der Waals surface area (Å²) in [4.78, 5) is 25.4. The van der Waals surface area contributed by atoms with Crippen LogP contribution in [0, 0.1) is 23.7 Å². The van der Waals surface area contributed by atoms with Gasteiger partial charge in [-0.05, 0) is 30.2 Å². The number of rotatable bonds is 8. The van der Waals surface area contributed by atoms with Gasteiger partial charge < -0.3 is 10.1 Å². The highest BCUT2D eigenvalue weighted by molar-refractivity contribution is 6.21. The van der Waals surface area contributed by atoms with Crippen molar-refractivity contribution in [3.8, 4) is 0 Å². The van der Waals surface area contributed by atoms with Crippen LogP contribution in [-0.4, -0.2) is 36.3 Å². The predicted molar refractivity (Wildman–Crippen MR) is 102 cm³/mol. The van der Waals surface area contributed by atoms with Crippen molar-refractivity contribution in [3.63, 3.8) is 0 Å². The topological polar surface area (TPSA) is 55.4 Å². The zero-order valence-electron chi connectivity index (χ0n) is 14.4. The molecule has 6 heteroatoms. The molecule has 0 radical (unpaired) electrons. The standard InChI is InChI=1S/C20H23Cl2NO3/c21-11-16(12-22)26-20(25)18-15-7-6-14(10-15)17(18)19(24)23-9-8-13-4-2-1-3-5-13/h1-7,14-18H,8-12H2,(H,23,24)/t14-,15+,17+,18-/m0/s1. The van der Waals surface area contributed by atoms with Crippen LogP contribution >= 0.6 is 23.2 Å². The van der Waals surface area contributed by atoms with Crippen molar-refractivity contribution < 1.29 is 14.3 Å². The number of halogens is 2. The number of alkyl halides is 2. The zero-order valence-corrected chi connectivity index (χ0v) is 16.0. The summed E-state index contributed by atoms with van der Waals surface area (Å²) in [6.45, 7) is 0.550. The Morgan fingerprint density at radius 2 is 1.73 bits per heavy atom. The van der Waals surface area contributed by atoms with Gasteiger partial charge in [0.05, 0.1) is 23.6 Å². The number of hydrogen-bond acceptors (Lipinski definition) is 3. The third-order valence-corrected chi connectivity index (χ3v) is 5.91. The van der Waals surface area contributed by atoms with E-state index in [9.17, 15) is 9.59 Å². The summed E-state index contributed by atoms with van der Waals surface area (Å²) in [5.74, 6) is -0.803. The number of nitrogens with one attached hydrogen (secondary N) is 1. The molecule has 0 heterocycles. The van der Waals surface area contributed by atoms with Crippen LogP contribution in [-0.2, 0) is 20.7 Å². The predicted octanol–water partition coefficient (Wildman–Crippen LogP) is 3.17. The second kappa shape index (κ2) is 8.92. The summed E-state index contributed by atoms with van der Waals surface area (Å²) in [6.07, 6.45) is 5.15. The third kappa shape index (κ3) is 4.24. The van der Waals surface area contributed by atoms with Crippen LogP contribution < -0.4 is 5.32 Å². The minimum absolute atomic E-state index is 0.0590. The highest BCUT2D eigenvalue weighted by Gasteiger charge is 2.52. The van der Waals surface area contributed by atoms with E-state index in [0.29, 0.717) is 6.54 Å². The number of ether oxygens (including phenoxy) is 1. The van der Waals surface area contributed by atoms with E-state index in [-0.39, 0.29) is 41.4 Å². The molecule has 0 aliphatic heterocycles. The van der Waals surface area contributed by atoms with E-state index >= 15 is 0 Å². The Labute approximate surface area is 163 Å². The van der Waals surface area contributed by atoms with Crippen molar-refractivity contribution in [3.05, 3.63) is 48.0 Å². The van der Waals surface area contributed by atoms with Crippen LogP contribution in [0.15, 0.2) is 42.5 Å². The van der Waals surface area contributed by atoms with Gasteiger partial charge in [0.1, 0.15) is 6.10 Å². The van der Waals surface area contributed by atoms with Crippen molar-refractivity contribution in [2.24, 2.45) is 23.7 Å². The molecule has 0 saturated heterocycles. The number of hydrogen-bond donors (Lipinski definition) is 1. The lowest BCUT2D eigenvalue weighted by Gasteiger charge is -2.27. The van der Waals surface area contributed by atoms with E-state index < -0.39 is 12.0 Å². The minimum atomic E-state index is -0.518. The molecule has 3 rings (SSSR count). The average Bonchev–Trinajstić information content (AvgIpc) is 3.28. The lowest BCUT2D eigenvalue weighted by molar-refractivity contribution is -0.157. The van der Waals surface area contributed by atoms with E-state index in [1.165, 1.54) is 5.56 Å². The molecule has 0 unspecified atom stereocenters. The van der Waals surface area contributed by atoms with Crippen molar-refractivity contribution in [1.82, 2.24) is 5.32 Å². The molecule has 0 aromatic heterocycles. The monoisotopic (exact) mass is 395 g/mol. The Bertz CT molecular complexity index is 660. The zero-order chi connectivity index (χ0) is 18.5. The highest BCUT2D eigenvalue weighted by Crippen LogP contribution is 2.48. The van der Waals surface area contributed by atoms with Gasteiger partial charge in [-0.15, -0.1) is 23.2 Å². The van der Waals surface area contributed by atoms with E-state index in [0.717, 1.165) is 12.8 Å². The maximum absolute atomic E-state index is 12.8. The SMILES string of the molecule is O=C(OC(CCl)CCl)[C@@H]1[C@H](C(=O)NCCc2ccccc2)[C@H]2C=C[C@@H]1C2. The molecular weight excluding hydrogens is 373 g/mol. The largest absolute Gasteiger partial charge is 0.460 e. The van der Waals surface area contributed by atoms with E-state index in [1.54, 1.807) is 0 Å². The molecule has 26 heavy (non-hydrogen) atoms. The lowest BCUT2D eigenvalue weighted by Crippen LogP contribution is -2.42. The highest BCUT2D eigenvalue weighted by atomic mass is 35.5. The first-order chi connectivity index (χ1) is 12.6. The van der Waals surface area contributed by atoms with Gasteiger partial charge in [-0.25, -0.2) is 0 Å². The van der Waals surface area contributed by atoms with Gasteiger partial charge in [-0.1, -0.05) is 42.5 Å². The summed E-state index contributed by atoms with van der Waals surface area (Å²) in [5.41, 5.74) is 1.17. The Balaban J connectivity index is 1.60. The first-order valence-electron chi connectivity index (χ1n) is 8.96. The first kappa shape index (κ1) is 19.2. The fourth-order valence-electron chi connectivity index (χ4n) is 3.94. The number of allylic oxidation sites excluding steroid dienone is 2. The molecule has 1 fully saturated rings. The minimum Gasteiger partial charge on any atom is -0.460 e. The molecule has 2 bridgehead atoms. The average molecular weight is 396 g/mol. The second-order valence-corrected chi connectivity index (χ2v) is 7.51. The molecule has 1 amide bonds. The Kier molecular flexibility index (Phi) is 6.60. The van der Waals surface area contributed by atoms with Gasteiger partial charge in [0.15, 0.2) is 0 Å². The third-order valence-electron chi connectivity index (χ3n) is 5.22. The van der Waals surface area contributed by atoms with E-state index in [2.05, 4.69) is 11.4 Å². The molecule has 1 N–H and O–H groups in total. The van der Waals surface area contributed by atoms with Crippen LogP contribution in [0.25, 0.3) is 0 Å². The number of amides is 1. The number of carbonyl (C=O) groups excluding carboxylic acids is 2. The van der Waals surface area contributed by atoms with Crippen LogP contribution in [0.3, 0.4) is 0 Å². The second-order valence-electron chi connectivity index (χ2n) is 6.89. The normalized spacial score (nSPS) is 26.3. The van der Waals surface area contributed by atoms with Gasteiger partial charge in [-0.2, -0.15) is 0 Å². The summed E-state index contributed by atoms with van der Waals surface area (Å²) in [7, 11) is 0. The first-order valence-corrected chi connectivity index (χ1v) is 10.0. The van der Waals surface area contributed by atoms with Crippen LogP contribution in [0.5, 0.6) is 0 Å².